The molecule has 0 amide bonds. The van der Waals surface area contributed by atoms with Gasteiger partial charge in [-0.3, -0.25) is 4.79 Å². The second-order valence-corrected chi connectivity index (χ2v) is 7.35. The first kappa shape index (κ1) is 19.5. The highest BCUT2D eigenvalue weighted by Crippen LogP contribution is 2.26. The van der Waals surface area contributed by atoms with E-state index in [1.807, 2.05) is 36.7 Å². The fraction of sp³-hybridized carbons (Fsp3) is 0.238. The van der Waals surface area contributed by atoms with Crippen molar-refractivity contribution in [3.8, 4) is 0 Å². The van der Waals surface area contributed by atoms with Gasteiger partial charge in [0.25, 0.3) is 0 Å². The summed E-state index contributed by atoms with van der Waals surface area (Å²) in [4.78, 5) is 16.7. The lowest BCUT2D eigenvalue weighted by molar-refractivity contribution is -0.149. The zero-order chi connectivity index (χ0) is 19.4. The minimum Gasteiger partial charge on any atom is -0.455 e. The van der Waals surface area contributed by atoms with E-state index >= 15 is 0 Å². The van der Waals surface area contributed by atoms with Crippen LogP contribution < -0.4 is 0 Å². The molecule has 1 atom stereocenters. The number of aryl methyl sites for hydroxylation is 2. The molecule has 0 aliphatic carbocycles. The fourth-order valence-corrected chi connectivity index (χ4v) is 3.47. The molecule has 27 heavy (non-hydrogen) atoms. The van der Waals surface area contributed by atoms with Crippen LogP contribution in [0.4, 0.5) is 0 Å². The predicted molar refractivity (Wildman–Crippen MR) is 107 cm³/mol. The molecule has 0 saturated heterocycles. The van der Waals surface area contributed by atoms with Crippen molar-refractivity contribution in [2.24, 2.45) is 0 Å². The summed E-state index contributed by atoms with van der Waals surface area (Å²) < 4.78 is 7.74. The maximum Gasteiger partial charge on any atom is 0.310 e. The Labute approximate surface area is 168 Å². The second kappa shape index (κ2) is 8.59. The molecule has 3 aromatic rings. The highest BCUT2D eigenvalue weighted by atomic mass is 35.5. The zero-order valence-corrected chi connectivity index (χ0v) is 16.7. The van der Waals surface area contributed by atoms with E-state index in [9.17, 15) is 4.79 Å². The summed E-state index contributed by atoms with van der Waals surface area (Å²) >= 11 is 12.1. The van der Waals surface area contributed by atoms with Crippen LogP contribution in [-0.2, 0) is 22.5 Å². The molecule has 1 unspecified atom stereocenters. The fourth-order valence-electron chi connectivity index (χ4n) is 2.99. The summed E-state index contributed by atoms with van der Waals surface area (Å²) in [6, 6.07) is 11.2. The molecular formula is C21H20Cl2N2O2. The average molecular weight is 403 g/mol. The number of halogens is 2. The van der Waals surface area contributed by atoms with Gasteiger partial charge in [0.2, 0.25) is 0 Å². The van der Waals surface area contributed by atoms with Crippen LogP contribution in [0.2, 0.25) is 10.0 Å². The molecule has 6 heteroatoms. The monoisotopic (exact) mass is 402 g/mol. The highest BCUT2D eigenvalue weighted by Gasteiger charge is 2.20. The second-order valence-electron chi connectivity index (χ2n) is 6.51. The van der Waals surface area contributed by atoms with Gasteiger partial charge in [0.15, 0.2) is 0 Å². The third-order valence-corrected chi connectivity index (χ3v) is 4.92. The van der Waals surface area contributed by atoms with Crippen molar-refractivity contribution in [1.82, 2.24) is 9.55 Å². The predicted octanol–water partition coefficient (Wildman–Crippen LogP) is 5.33. The Morgan fingerprint density at radius 1 is 1.19 bits per heavy atom. The number of esters is 1. The molecule has 1 aromatic heterocycles. The lowest BCUT2D eigenvalue weighted by Gasteiger charge is -2.21. The van der Waals surface area contributed by atoms with Gasteiger partial charge in [-0.15, -0.1) is 0 Å². The first-order chi connectivity index (χ1) is 12.9. The van der Waals surface area contributed by atoms with E-state index in [2.05, 4.69) is 11.1 Å². The highest BCUT2D eigenvalue weighted by molar-refractivity contribution is 6.35. The maximum absolute atomic E-state index is 12.6. The van der Waals surface area contributed by atoms with E-state index in [1.165, 1.54) is 0 Å². The molecule has 2 aromatic carbocycles. The minimum atomic E-state index is -0.418. The van der Waals surface area contributed by atoms with Gasteiger partial charge >= 0.3 is 5.97 Å². The lowest BCUT2D eigenvalue weighted by Crippen LogP contribution is -2.19. The number of benzene rings is 2. The van der Waals surface area contributed by atoms with Crippen LogP contribution in [0.1, 0.15) is 28.4 Å². The Kier molecular flexibility index (Phi) is 6.19. The number of aromatic nitrogens is 2. The van der Waals surface area contributed by atoms with Gasteiger partial charge < -0.3 is 9.30 Å². The number of hydrogen-bond acceptors (Lipinski definition) is 3. The molecule has 4 nitrogen and oxygen atoms in total. The summed E-state index contributed by atoms with van der Waals surface area (Å²) in [6.45, 7) is 4.55. The Bertz CT molecular complexity index is 939. The van der Waals surface area contributed by atoms with Gasteiger partial charge in [-0.25, -0.2) is 4.98 Å². The summed E-state index contributed by atoms with van der Waals surface area (Å²) in [5, 5.41) is 0.988. The minimum absolute atomic E-state index is 0.0847. The zero-order valence-electron chi connectivity index (χ0n) is 15.2. The summed E-state index contributed by atoms with van der Waals surface area (Å²) in [6.07, 6.45) is 4.93. The van der Waals surface area contributed by atoms with Crippen LogP contribution in [0.3, 0.4) is 0 Å². The van der Waals surface area contributed by atoms with Crippen molar-refractivity contribution in [2.45, 2.75) is 32.9 Å². The number of nitrogens with zero attached hydrogens (tertiary/aromatic N) is 2. The van der Waals surface area contributed by atoms with Gasteiger partial charge in [0, 0.05) is 22.4 Å². The largest absolute Gasteiger partial charge is 0.455 e. The molecule has 0 fully saturated rings. The normalized spacial score (nSPS) is 12.0. The molecular weight excluding hydrogens is 383 g/mol. The number of hydrogen-bond donors (Lipinski definition) is 0. The summed E-state index contributed by atoms with van der Waals surface area (Å²) in [5.74, 6) is -0.343. The van der Waals surface area contributed by atoms with Gasteiger partial charge in [0.1, 0.15) is 6.10 Å². The molecule has 0 spiro atoms. The van der Waals surface area contributed by atoms with E-state index in [-0.39, 0.29) is 12.4 Å². The number of carbonyl (C=O) groups excluding carboxylic acids is 1. The third kappa shape index (κ3) is 5.12. The topological polar surface area (TPSA) is 44.1 Å². The third-order valence-electron chi connectivity index (χ3n) is 4.33. The van der Waals surface area contributed by atoms with Gasteiger partial charge in [-0.05, 0) is 42.7 Å². The van der Waals surface area contributed by atoms with E-state index in [0.29, 0.717) is 22.2 Å². The Balaban J connectivity index is 1.81. The van der Waals surface area contributed by atoms with Crippen molar-refractivity contribution in [2.75, 3.05) is 0 Å². The van der Waals surface area contributed by atoms with Crippen LogP contribution >= 0.6 is 23.2 Å². The van der Waals surface area contributed by atoms with Gasteiger partial charge in [-0.2, -0.15) is 0 Å². The van der Waals surface area contributed by atoms with Crippen molar-refractivity contribution in [3.63, 3.8) is 0 Å². The number of ether oxygens (including phenoxy) is 1. The van der Waals surface area contributed by atoms with Crippen LogP contribution in [0.25, 0.3) is 0 Å². The first-order valence-electron chi connectivity index (χ1n) is 8.58. The van der Waals surface area contributed by atoms with Crippen LogP contribution in [0, 0.1) is 13.8 Å². The number of carbonyl (C=O) groups is 1. The van der Waals surface area contributed by atoms with Crippen molar-refractivity contribution in [3.05, 3.63) is 87.4 Å². The van der Waals surface area contributed by atoms with Gasteiger partial charge in [0.05, 0.1) is 19.3 Å². The average Bonchev–Trinajstić information content (AvgIpc) is 3.10. The Hall–Kier alpha value is -2.30. The molecule has 0 N–H and O–H groups in total. The first-order valence-corrected chi connectivity index (χ1v) is 9.34. The van der Waals surface area contributed by atoms with Crippen molar-refractivity contribution < 1.29 is 9.53 Å². The molecule has 1 heterocycles. The molecule has 0 aliphatic rings. The van der Waals surface area contributed by atoms with E-state index in [4.69, 9.17) is 27.9 Å². The van der Waals surface area contributed by atoms with Crippen LogP contribution in [-0.4, -0.2) is 15.5 Å². The summed E-state index contributed by atoms with van der Waals surface area (Å²) in [7, 11) is 0. The quantitative estimate of drug-likeness (QED) is 0.523. The van der Waals surface area contributed by atoms with E-state index in [0.717, 1.165) is 16.7 Å². The summed E-state index contributed by atoms with van der Waals surface area (Å²) in [5.41, 5.74) is 3.91. The van der Waals surface area contributed by atoms with E-state index < -0.39 is 6.10 Å². The lowest BCUT2D eigenvalue weighted by atomic mass is 10.0. The molecule has 0 saturated carbocycles. The molecule has 0 radical (unpaired) electrons. The van der Waals surface area contributed by atoms with Gasteiger partial charge in [-0.1, -0.05) is 53.0 Å². The van der Waals surface area contributed by atoms with E-state index in [1.54, 1.807) is 30.7 Å². The van der Waals surface area contributed by atoms with Crippen molar-refractivity contribution >= 4 is 29.2 Å². The Morgan fingerprint density at radius 2 is 2.00 bits per heavy atom. The Morgan fingerprint density at radius 3 is 2.67 bits per heavy atom. The smallest absolute Gasteiger partial charge is 0.310 e. The number of imidazole rings is 1. The number of rotatable bonds is 6. The molecule has 0 bridgehead atoms. The standard InChI is InChI=1S/C21H20Cl2N2O2/c1-14-3-6-18(15(2)9-14)20(12-25-8-7-24-13-25)27-21(26)10-16-4-5-17(22)11-19(16)23/h3-9,11,13,20H,10,12H2,1-2H3. The van der Waals surface area contributed by atoms with Crippen molar-refractivity contribution in [1.29, 1.82) is 0 Å². The van der Waals surface area contributed by atoms with Crippen LogP contribution in [0.5, 0.6) is 0 Å². The SMILES string of the molecule is Cc1ccc(C(Cn2ccnc2)OC(=O)Cc2ccc(Cl)cc2Cl)c(C)c1. The van der Waals surface area contributed by atoms with Crippen LogP contribution in [0.15, 0.2) is 55.1 Å². The maximum atomic E-state index is 12.6. The molecule has 0 aliphatic heterocycles. The molecule has 140 valence electrons. The molecule has 3 rings (SSSR count).